The van der Waals surface area contributed by atoms with Crippen LogP contribution in [0.25, 0.3) is 11.1 Å². The summed E-state index contributed by atoms with van der Waals surface area (Å²) in [4.78, 5) is 11.2. The number of hydrogen-bond acceptors (Lipinski definition) is 4. The average molecular weight is 275 g/mol. The lowest BCUT2D eigenvalue weighted by atomic mass is 10.0. The van der Waals surface area contributed by atoms with Crippen LogP contribution < -0.4 is 5.73 Å². The summed E-state index contributed by atoms with van der Waals surface area (Å²) in [5.41, 5.74) is 5.90. The molecule has 0 bridgehead atoms. The minimum absolute atomic E-state index is 0.0674. The molecule has 0 spiro atoms. The molecule has 1 amide bonds. The second-order valence-electron chi connectivity index (χ2n) is 5.34. The average Bonchev–Trinajstić information content (AvgIpc) is 2.75. The first-order valence-corrected chi connectivity index (χ1v) is 6.14. The number of rotatable bonds is 4. The van der Waals surface area contributed by atoms with Crippen molar-refractivity contribution < 1.29 is 15.0 Å². The van der Waals surface area contributed by atoms with E-state index in [-0.39, 0.29) is 11.3 Å². The highest BCUT2D eigenvalue weighted by Crippen LogP contribution is 2.25. The Balaban J connectivity index is 2.33. The van der Waals surface area contributed by atoms with Crippen LogP contribution >= 0.6 is 0 Å². The molecule has 1 aromatic heterocycles. The zero-order chi connectivity index (χ0) is 14.9. The molecule has 1 heterocycles. The lowest BCUT2D eigenvalue weighted by Crippen LogP contribution is -2.26. The molecule has 6 nitrogen and oxygen atoms in total. The number of benzene rings is 1. The van der Waals surface area contributed by atoms with E-state index in [1.165, 1.54) is 12.1 Å². The third-order valence-corrected chi connectivity index (χ3v) is 2.78. The minimum atomic E-state index is -0.864. The highest BCUT2D eigenvalue weighted by Gasteiger charge is 2.15. The normalized spacial score (nSPS) is 11.6. The van der Waals surface area contributed by atoms with Gasteiger partial charge in [-0.3, -0.25) is 9.48 Å². The van der Waals surface area contributed by atoms with Crippen LogP contribution in [0.5, 0.6) is 5.75 Å². The van der Waals surface area contributed by atoms with Gasteiger partial charge in [-0.15, -0.1) is 0 Å². The van der Waals surface area contributed by atoms with E-state index >= 15 is 0 Å². The number of phenols is 1. The van der Waals surface area contributed by atoms with Gasteiger partial charge in [-0.2, -0.15) is 5.10 Å². The van der Waals surface area contributed by atoms with Crippen molar-refractivity contribution in [2.24, 2.45) is 5.73 Å². The monoisotopic (exact) mass is 275 g/mol. The van der Waals surface area contributed by atoms with Crippen LogP contribution in [0.1, 0.15) is 24.2 Å². The maximum Gasteiger partial charge on any atom is 0.252 e. The van der Waals surface area contributed by atoms with Gasteiger partial charge in [0.1, 0.15) is 5.75 Å². The third kappa shape index (κ3) is 3.16. The standard InChI is InChI=1S/C14H17N3O3/c1-14(2,20)8-17-7-10(6-16-17)9-3-4-12(18)11(5-9)13(15)19/h3-7,18,20H,8H2,1-2H3,(H2,15,19). The quantitative estimate of drug-likeness (QED) is 0.778. The number of primary amides is 1. The fourth-order valence-corrected chi connectivity index (χ4v) is 1.91. The van der Waals surface area contributed by atoms with E-state index in [0.29, 0.717) is 6.54 Å². The lowest BCUT2D eigenvalue weighted by Gasteiger charge is -2.16. The Bertz CT molecular complexity index is 641. The zero-order valence-electron chi connectivity index (χ0n) is 11.4. The Morgan fingerprint density at radius 1 is 1.40 bits per heavy atom. The lowest BCUT2D eigenvalue weighted by molar-refractivity contribution is 0.0577. The summed E-state index contributed by atoms with van der Waals surface area (Å²) in [6.07, 6.45) is 3.39. The molecule has 0 saturated heterocycles. The molecule has 6 heteroatoms. The van der Waals surface area contributed by atoms with Crippen molar-refractivity contribution in [3.05, 3.63) is 36.2 Å². The van der Waals surface area contributed by atoms with Crippen LogP contribution in [0.2, 0.25) is 0 Å². The highest BCUT2D eigenvalue weighted by atomic mass is 16.3. The van der Waals surface area contributed by atoms with Gasteiger partial charge in [-0.25, -0.2) is 0 Å². The largest absolute Gasteiger partial charge is 0.507 e. The molecule has 4 N–H and O–H groups in total. The van der Waals surface area contributed by atoms with E-state index in [0.717, 1.165) is 11.1 Å². The Kier molecular flexibility index (Phi) is 3.50. The van der Waals surface area contributed by atoms with Crippen LogP contribution in [-0.4, -0.2) is 31.5 Å². The molecule has 0 aliphatic carbocycles. The number of nitrogens with zero attached hydrogens (tertiary/aromatic N) is 2. The fraction of sp³-hybridized carbons (Fsp3) is 0.286. The molecule has 0 fully saturated rings. The maximum absolute atomic E-state index is 11.2. The van der Waals surface area contributed by atoms with Gasteiger partial charge >= 0.3 is 0 Å². The van der Waals surface area contributed by atoms with Crippen LogP contribution in [0.15, 0.2) is 30.6 Å². The molecular formula is C14H17N3O3. The van der Waals surface area contributed by atoms with Gasteiger partial charge in [-0.1, -0.05) is 6.07 Å². The number of amides is 1. The summed E-state index contributed by atoms with van der Waals surface area (Å²) in [6.45, 7) is 3.74. The first kappa shape index (κ1) is 14.1. The van der Waals surface area contributed by atoms with Crippen LogP contribution in [0.4, 0.5) is 0 Å². The van der Waals surface area contributed by atoms with Crippen molar-refractivity contribution in [1.82, 2.24) is 9.78 Å². The van der Waals surface area contributed by atoms with Crippen molar-refractivity contribution in [2.75, 3.05) is 0 Å². The van der Waals surface area contributed by atoms with Crippen molar-refractivity contribution in [3.63, 3.8) is 0 Å². The number of aromatic hydroxyl groups is 1. The van der Waals surface area contributed by atoms with E-state index in [4.69, 9.17) is 5.73 Å². The molecule has 2 aromatic rings. The SMILES string of the molecule is CC(C)(O)Cn1cc(-c2ccc(O)c(C(N)=O)c2)cn1. The van der Waals surface area contributed by atoms with Gasteiger partial charge in [0.15, 0.2) is 0 Å². The summed E-state index contributed by atoms with van der Waals surface area (Å²) in [6, 6.07) is 4.61. The van der Waals surface area contributed by atoms with Crippen molar-refractivity contribution in [2.45, 2.75) is 26.0 Å². The van der Waals surface area contributed by atoms with E-state index in [1.807, 2.05) is 0 Å². The smallest absolute Gasteiger partial charge is 0.252 e. The summed E-state index contributed by atoms with van der Waals surface area (Å²) in [7, 11) is 0. The molecule has 0 saturated carbocycles. The number of aromatic nitrogens is 2. The van der Waals surface area contributed by atoms with Crippen LogP contribution in [0, 0.1) is 0 Å². The number of hydrogen-bond donors (Lipinski definition) is 3. The van der Waals surface area contributed by atoms with E-state index in [2.05, 4.69) is 5.10 Å². The summed E-state index contributed by atoms with van der Waals surface area (Å²) in [5, 5.41) is 23.5. The van der Waals surface area contributed by atoms with Crippen molar-refractivity contribution in [3.8, 4) is 16.9 Å². The molecular weight excluding hydrogens is 258 g/mol. The number of carbonyl (C=O) groups is 1. The van der Waals surface area contributed by atoms with Crippen LogP contribution in [-0.2, 0) is 6.54 Å². The first-order chi connectivity index (χ1) is 9.26. The molecule has 2 rings (SSSR count). The Morgan fingerprint density at radius 3 is 2.70 bits per heavy atom. The number of nitrogens with two attached hydrogens (primary N) is 1. The summed E-state index contributed by atoms with van der Waals surface area (Å²) >= 11 is 0. The van der Waals surface area contributed by atoms with Gasteiger partial charge in [0.2, 0.25) is 0 Å². The third-order valence-electron chi connectivity index (χ3n) is 2.78. The van der Waals surface area contributed by atoms with Gasteiger partial charge in [0.25, 0.3) is 5.91 Å². The van der Waals surface area contributed by atoms with Gasteiger partial charge in [-0.05, 0) is 31.5 Å². The highest BCUT2D eigenvalue weighted by molar-refractivity contribution is 5.96. The fourth-order valence-electron chi connectivity index (χ4n) is 1.91. The minimum Gasteiger partial charge on any atom is -0.507 e. The molecule has 0 radical (unpaired) electrons. The van der Waals surface area contributed by atoms with Gasteiger partial charge < -0.3 is 15.9 Å². The molecule has 106 valence electrons. The van der Waals surface area contributed by atoms with E-state index < -0.39 is 11.5 Å². The second kappa shape index (κ2) is 4.97. The molecule has 1 aromatic carbocycles. The maximum atomic E-state index is 11.2. The van der Waals surface area contributed by atoms with Crippen molar-refractivity contribution in [1.29, 1.82) is 0 Å². The summed E-state index contributed by atoms with van der Waals surface area (Å²) in [5.74, 6) is -0.835. The predicted octanol–water partition coefficient (Wildman–Crippen LogP) is 1.13. The molecule has 0 unspecified atom stereocenters. The van der Waals surface area contributed by atoms with E-state index in [1.54, 1.807) is 37.0 Å². The number of aliphatic hydroxyl groups is 1. The molecule has 0 aliphatic rings. The Hall–Kier alpha value is -2.34. The predicted molar refractivity (Wildman–Crippen MR) is 74.1 cm³/mol. The van der Waals surface area contributed by atoms with Gasteiger partial charge in [0, 0.05) is 11.8 Å². The van der Waals surface area contributed by atoms with E-state index in [9.17, 15) is 15.0 Å². The van der Waals surface area contributed by atoms with Crippen LogP contribution in [0.3, 0.4) is 0 Å². The Labute approximate surface area is 116 Å². The first-order valence-electron chi connectivity index (χ1n) is 6.14. The molecule has 0 aliphatic heterocycles. The summed E-state index contributed by atoms with van der Waals surface area (Å²) < 4.78 is 1.62. The number of carbonyl (C=O) groups excluding carboxylic acids is 1. The van der Waals surface area contributed by atoms with Crippen molar-refractivity contribution >= 4 is 5.91 Å². The zero-order valence-corrected chi connectivity index (χ0v) is 11.4. The Morgan fingerprint density at radius 2 is 2.10 bits per heavy atom. The molecule has 20 heavy (non-hydrogen) atoms. The van der Waals surface area contributed by atoms with Gasteiger partial charge in [0.05, 0.1) is 23.9 Å². The topological polar surface area (TPSA) is 101 Å². The molecule has 0 atom stereocenters. The second-order valence-corrected chi connectivity index (χ2v) is 5.34.